The van der Waals surface area contributed by atoms with Gasteiger partial charge in [0.15, 0.2) is 0 Å². The normalized spacial score (nSPS) is 21.5. The molecule has 3 fully saturated rings. The van der Waals surface area contributed by atoms with E-state index in [2.05, 4.69) is 13.0 Å². The molecule has 2 aromatic rings. The van der Waals surface area contributed by atoms with Gasteiger partial charge in [-0.05, 0) is 43.2 Å². The molecule has 0 radical (unpaired) electrons. The number of rotatable bonds is 6. The van der Waals surface area contributed by atoms with Crippen LogP contribution in [0.4, 0.5) is 0 Å². The molecule has 1 aromatic heterocycles. The van der Waals surface area contributed by atoms with Crippen LogP contribution in [0.25, 0.3) is 17.0 Å². The number of amides is 2. The second kappa shape index (κ2) is 10.2. The number of nitrogens with zero attached hydrogens (tertiary/aromatic N) is 3. The average molecular weight is 496 g/mol. The Morgan fingerprint density at radius 2 is 1.88 bits per heavy atom. The lowest BCUT2D eigenvalue weighted by atomic mass is 9.99. The molecule has 1 saturated carbocycles. The van der Waals surface area contributed by atoms with Crippen LogP contribution in [-0.2, 0) is 16.1 Å². The second-order valence-corrected chi connectivity index (χ2v) is 11.7. The summed E-state index contributed by atoms with van der Waals surface area (Å²) in [4.78, 5) is 30.6. The summed E-state index contributed by atoms with van der Waals surface area (Å²) in [6.45, 7) is 4.98. The van der Waals surface area contributed by atoms with Crippen LogP contribution in [0.1, 0.15) is 57.4 Å². The van der Waals surface area contributed by atoms with Gasteiger partial charge in [0.1, 0.15) is 10.9 Å². The first-order valence-corrected chi connectivity index (χ1v) is 13.8. The minimum absolute atomic E-state index is 0.0170. The molecule has 5 nitrogen and oxygen atoms in total. The quantitative estimate of drug-likeness (QED) is 0.382. The number of hydrogen-bond donors (Lipinski definition) is 0. The molecule has 1 aliphatic carbocycles. The smallest absolute Gasteiger partial charge is 0.266 e. The first-order valence-electron chi connectivity index (χ1n) is 12.6. The number of fused-ring (bicyclic) bond motifs is 1. The molecule has 7 heteroatoms. The number of hydrogen-bond acceptors (Lipinski definition) is 4. The first-order chi connectivity index (χ1) is 16.5. The highest BCUT2D eigenvalue weighted by Crippen LogP contribution is 2.36. The Morgan fingerprint density at radius 1 is 1.15 bits per heavy atom. The van der Waals surface area contributed by atoms with Crippen molar-refractivity contribution in [2.24, 2.45) is 11.8 Å². The third-order valence-electron chi connectivity index (χ3n) is 7.66. The number of thioether (sulfide) groups is 1. The minimum Gasteiger partial charge on any atom is -0.341 e. The van der Waals surface area contributed by atoms with E-state index in [1.54, 1.807) is 4.90 Å². The lowest BCUT2D eigenvalue weighted by molar-refractivity contribution is -0.133. The minimum atomic E-state index is 0.0170. The zero-order valence-corrected chi connectivity index (χ0v) is 21.5. The molecule has 34 heavy (non-hydrogen) atoms. The van der Waals surface area contributed by atoms with Crippen molar-refractivity contribution in [2.45, 2.75) is 58.4 Å². The Kier molecular flexibility index (Phi) is 7.11. The lowest BCUT2D eigenvalue weighted by Gasteiger charge is -2.30. The van der Waals surface area contributed by atoms with Crippen molar-refractivity contribution < 1.29 is 9.59 Å². The van der Waals surface area contributed by atoms with Crippen LogP contribution in [-0.4, -0.2) is 50.1 Å². The molecule has 2 saturated heterocycles. The maximum Gasteiger partial charge on any atom is 0.266 e. The Morgan fingerprint density at radius 3 is 2.65 bits per heavy atom. The van der Waals surface area contributed by atoms with Crippen LogP contribution in [0.2, 0.25) is 0 Å². The van der Waals surface area contributed by atoms with Gasteiger partial charge in [-0.15, -0.1) is 0 Å². The average Bonchev–Trinajstić information content (AvgIpc) is 3.53. The van der Waals surface area contributed by atoms with Gasteiger partial charge >= 0.3 is 0 Å². The summed E-state index contributed by atoms with van der Waals surface area (Å²) in [6, 6.07) is 8.11. The third kappa shape index (κ3) is 4.96. The maximum absolute atomic E-state index is 13.2. The summed E-state index contributed by atoms with van der Waals surface area (Å²) < 4.78 is 2.69. The standard InChI is InChI=1S/C27H33N3O2S2/c1-19-10-13-28(14-11-19)25(31)18-29-17-21(22-8-4-5-9-23(22)29)16-24-26(32)30(27(33)34-24)15-12-20-6-2-3-7-20/h4-5,8-9,16-17,19-20H,2-3,6-7,10-15,18H2,1H3/b24-16-. The molecule has 1 aromatic carbocycles. The van der Waals surface area contributed by atoms with Crippen molar-refractivity contribution in [1.82, 2.24) is 14.4 Å². The van der Waals surface area contributed by atoms with Crippen molar-refractivity contribution >= 4 is 57.1 Å². The summed E-state index contributed by atoms with van der Waals surface area (Å²) in [5.41, 5.74) is 1.98. The molecule has 0 unspecified atom stereocenters. The molecule has 0 spiro atoms. The van der Waals surface area contributed by atoms with Crippen molar-refractivity contribution in [3.63, 3.8) is 0 Å². The number of aromatic nitrogens is 1. The largest absolute Gasteiger partial charge is 0.341 e. The predicted octanol–water partition coefficient (Wildman–Crippen LogP) is 5.68. The number of piperidine rings is 1. The third-order valence-corrected chi connectivity index (χ3v) is 9.04. The Labute approximate surface area is 211 Å². The van der Waals surface area contributed by atoms with Crippen molar-refractivity contribution in [3.8, 4) is 0 Å². The summed E-state index contributed by atoms with van der Waals surface area (Å²) in [6.07, 6.45) is 12.3. The fourth-order valence-electron chi connectivity index (χ4n) is 5.47. The Hall–Kier alpha value is -2.12. The SMILES string of the molecule is CC1CCN(C(=O)Cn2cc(/C=C3\SC(=S)N(CCC4CCCC4)C3=O)c3ccccc32)CC1. The molecule has 2 amide bonds. The van der Waals surface area contributed by atoms with E-state index in [-0.39, 0.29) is 11.8 Å². The van der Waals surface area contributed by atoms with Crippen LogP contribution >= 0.6 is 24.0 Å². The number of likely N-dealkylation sites (tertiary alicyclic amines) is 1. The molecule has 0 atom stereocenters. The molecule has 3 heterocycles. The predicted molar refractivity (Wildman–Crippen MR) is 143 cm³/mol. The molecule has 2 aliphatic heterocycles. The highest BCUT2D eigenvalue weighted by molar-refractivity contribution is 8.26. The van der Waals surface area contributed by atoms with E-state index in [0.717, 1.165) is 61.3 Å². The van der Waals surface area contributed by atoms with E-state index in [4.69, 9.17) is 12.2 Å². The summed E-state index contributed by atoms with van der Waals surface area (Å²) in [5, 5.41) is 1.05. The monoisotopic (exact) mass is 495 g/mol. The topological polar surface area (TPSA) is 45.6 Å². The van der Waals surface area contributed by atoms with Gasteiger partial charge in [0.25, 0.3) is 5.91 Å². The molecule has 180 valence electrons. The molecule has 0 N–H and O–H groups in total. The van der Waals surface area contributed by atoms with Gasteiger partial charge in [0.2, 0.25) is 5.91 Å². The first kappa shape index (κ1) is 23.6. The van der Waals surface area contributed by atoms with E-state index in [0.29, 0.717) is 21.7 Å². The van der Waals surface area contributed by atoms with Gasteiger partial charge in [0.05, 0.1) is 4.91 Å². The van der Waals surface area contributed by atoms with E-state index in [1.807, 2.05) is 39.9 Å². The van der Waals surface area contributed by atoms with Crippen LogP contribution in [0.15, 0.2) is 35.4 Å². The lowest BCUT2D eigenvalue weighted by Crippen LogP contribution is -2.39. The number of thiocarbonyl (C=S) groups is 1. The van der Waals surface area contributed by atoms with Gasteiger partial charge in [-0.1, -0.05) is 74.8 Å². The van der Waals surface area contributed by atoms with Crippen LogP contribution < -0.4 is 0 Å². The molecular formula is C27H33N3O2S2. The van der Waals surface area contributed by atoms with E-state index < -0.39 is 0 Å². The second-order valence-electron chi connectivity index (χ2n) is 10.1. The van der Waals surface area contributed by atoms with Crippen LogP contribution in [0, 0.1) is 11.8 Å². The summed E-state index contributed by atoms with van der Waals surface area (Å²) in [7, 11) is 0. The number of carbonyl (C=O) groups is 2. The van der Waals surface area contributed by atoms with Crippen molar-refractivity contribution in [1.29, 1.82) is 0 Å². The van der Waals surface area contributed by atoms with Crippen LogP contribution in [0.5, 0.6) is 0 Å². The van der Waals surface area contributed by atoms with Crippen molar-refractivity contribution in [3.05, 3.63) is 40.9 Å². The van der Waals surface area contributed by atoms with E-state index >= 15 is 0 Å². The Balaban J connectivity index is 1.34. The van der Waals surface area contributed by atoms with E-state index in [1.165, 1.54) is 37.4 Å². The fraction of sp³-hybridized carbons (Fsp3) is 0.519. The molecule has 0 bridgehead atoms. The highest BCUT2D eigenvalue weighted by Gasteiger charge is 2.33. The summed E-state index contributed by atoms with van der Waals surface area (Å²) >= 11 is 6.96. The highest BCUT2D eigenvalue weighted by atomic mass is 32.2. The van der Waals surface area contributed by atoms with Crippen LogP contribution in [0.3, 0.4) is 0 Å². The molecule has 3 aliphatic rings. The van der Waals surface area contributed by atoms with Gasteiger partial charge in [-0.25, -0.2) is 0 Å². The van der Waals surface area contributed by atoms with Gasteiger partial charge in [-0.2, -0.15) is 0 Å². The fourth-order valence-corrected chi connectivity index (χ4v) is 6.77. The zero-order valence-electron chi connectivity index (χ0n) is 19.9. The van der Waals surface area contributed by atoms with Gasteiger partial charge in [0, 0.05) is 42.3 Å². The van der Waals surface area contributed by atoms with Gasteiger partial charge in [-0.3, -0.25) is 14.5 Å². The number of para-hydroxylation sites is 1. The number of carbonyl (C=O) groups excluding carboxylic acids is 2. The van der Waals surface area contributed by atoms with E-state index in [9.17, 15) is 9.59 Å². The van der Waals surface area contributed by atoms with Gasteiger partial charge < -0.3 is 9.47 Å². The zero-order chi connectivity index (χ0) is 23.7. The number of benzene rings is 1. The maximum atomic E-state index is 13.2. The molecule has 5 rings (SSSR count). The van der Waals surface area contributed by atoms with Crippen molar-refractivity contribution in [2.75, 3.05) is 19.6 Å². The molecular weight excluding hydrogens is 462 g/mol. The summed E-state index contributed by atoms with van der Waals surface area (Å²) in [5.74, 6) is 1.60. The Bertz CT molecular complexity index is 1120.